The first-order valence-electron chi connectivity index (χ1n) is 5.79. The van der Waals surface area contributed by atoms with Crippen LogP contribution in [0.4, 0.5) is 0 Å². The number of halogens is 1. The Balaban J connectivity index is 2.27. The molecule has 102 valence electrons. The molecule has 1 aliphatic heterocycles. The molecule has 7 heteroatoms. The van der Waals surface area contributed by atoms with Crippen molar-refractivity contribution in [3.05, 3.63) is 17.6 Å². The third kappa shape index (κ3) is 2.56. The van der Waals surface area contributed by atoms with Gasteiger partial charge < -0.3 is 9.32 Å². The quantitative estimate of drug-likeness (QED) is 0.787. The lowest BCUT2D eigenvalue weighted by atomic mass is 10.4. The van der Waals surface area contributed by atoms with Gasteiger partial charge in [-0.25, -0.2) is 8.42 Å². The van der Waals surface area contributed by atoms with Gasteiger partial charge in [0.15, 0.2) is 0 Å². The maximum atomic E-state index is 12.4. The van der Waals surface area contributed by atoms with E-state index in [0.29, 0.717) is 24.6 Å². The zero-order valence-corrected chi connectivity index (χ0v) is 12.1. The molecule has 0 radical (unpaired) electrons. The second kappa shape index (κ2) is 5.21. The van der Waals surface area contributed by atoms with E-state index in [-0.39, 0.29) is 10.8 Å². The van der Waals surface area contributed by atoms with E-state index in [1.165, 1.54) is 10.4 Å². The second-order valence-electron chi connectivity index (χ2n) is 4.47. The third-order valence-electron chi connectivity index (χ3n) is 3.14. The molecule has 1 aromatic rings. The van der Waals surface area contributed by atoms with Crippen molar-refractivity contribution < 1.29 is 12.8 Å². The van der Waals surface area contributed by atoms with Crippen molar-refractivity contribution in [3.8, 4) is 0 Å². The van der Waals surface area contributed by atoms with Gasteiger partial charge in [-0.3, -0.25) is 0 Å². The summed E-state index contributed by atoms with van der Waals surface area (Å²) in [5.41, 5.74) is 0. The fourth-order valence-corrected chi connectivity index (χ4v) is 3.75. The molecule has 0 N–H and O–H groups in total. The molecule has 1 fully saturated rings. The van der Waals surface area contributed by atoms with E-state index >= 15 is 0 Å². The predicted molar refractivity (Wildman–Crippen MR) is 69.3 cm³/mol. The molecular formula is C11H17ClN2O3S. The smallest absolute Gasteiger partial charge is 0.246 e. The van der Waals surface area contributed by atoms with Crippen molar-refractivity contribution in [1.82, 2.24) is 9.21 Å². The summed E-state index contributed by atoms with van der Waals surface area (Å²) in [6, 6.07) is 1.52. The molecule has 2 heterocycles. The Morgan fingerprint density at radius 3 is 2.44 bits per heavy atom. The van der Waals surface area contributed by atoms with Crippen LogP contribution in [0.15, 0.2) is 15.4 Å². The Bertz CT molecular complexity index is 518. The number of hydrogen-bond acceptors (Lipinski definition) is 4. The van der Waals surface area contributed by atoms with Gasteiger partial charge in [-0.05, 0) is 14.0 Å². The lowest BCUT2D eigenvalue weighted by molar-refractivity contribution is 0.222. The van der Waals surface area contributed by atoms with E-state index in [2.05, 4.69) is 4.90 Å². The third-order valence-corrected chi connectivity index (χ3v) is 5.40. The molecule has 0 aliphatic carbocycles. The fraction of sp³-hybridized carbons (Fsp3) is 0.636. The molecule has 0 spiro atoms. The van der Waals surface area contributed by atoms with E-state index in [1.54, 1.807) is 6.92 Å². The summed E-state index contributed by atoms with van der Waals surface area (Å²) in [6.45, 7) is 4.18. The van der Waals surface area contributed by atoms with Gasteiger partial charge in [0.25, 0.3) is 0 Å². The van der Waals surface area contributed by atoms with E-state index in [4.69, 9.17) is 16.0 Å². The Morgan fingerprint density at radius 1 is 1.33 bits per heavy atom. The first-order chi connectivity index (χ1) is 8.45. The Kier molecular flexibility index (Phi) is 4.01. The minimum Gasteiger partial charge on any atom is -0.464 e. The number of likely N-dealkylation sites (N-methyl/N-ethyl adjacent to an activating group) is 1. The van der Waals surface area contributed by atoms with E-state index < -0.39 is 10.0 Å². The van der Waals surface area contributed by atoms with Gasteiger partial charge >= 0.3 is 0 Å². The molecule has 0 aromatic carbocycles. The average molecular weight is 293 g/mol. The summed E-state index contributed by atoms with van der Waals surface area (Å²) in [5.74, 6) is 1.07. The molecule has 1 aromatic heterocycles. The van der Waals surface area contributed by atoms with Crippen LogP contribution in [0, 0.1) is 6.92 Å². The number of alkyl halides is 1. The van der Waals surface area contributed by atoms with Crippen LogP contribution in [0.2, 0.25) is 0 Å². The van der Waals surface area contributed by atoms with Gasteiger partial charge in [-0.15, -0.1) is 11.6 Å². The first kappa shape index (κ1) is 13.9. The molecule has 0 saturated carbocycles. The normalized spacial score (nSPS) is 19.3. The first-order valence-corrected chi connectivity index (χ1v) is 7.76. The summed E-state index contributed by atoms with van der Waals surface area (Å²) in [7, 11) is -1.47. The van der Waals surface area contributed by atoms with Gasteiger partial charge in [0.1, 0.15) is 16.4 Å². The van der Waals surface area contributed by atoms with Gasteiger partial charge in [-0.1, -0.05) is 0 Å². The van der Waals surface area contributed by atoms with Crippen LogP contribution in [-0.4, -0.2) is 50.8 Å². The summed E-state index contributed by atoms with van der Waals surface area (Å²) >= 11 is 5.66. The summed E-state index contributed by atoms with van der Waals surface area (Å²) < 4.78 is 31.7. The van der Waals surface area contributed by atoms with E-state index in [0.717, 1.165) is 13.1 Å². The zero-order valence-electron chi connectivity index (χ0n) is 10.5. The van der Waals surface area contributed by atoms with Crippen LogP contribution < -0.4 is 0 Å². The lowest BCUT2D eigenvalue weighted by Gasteiger charge is -2.31. The Morgan fingerprint density at radius 2 is 1.94 bits per heavy atom. The molecule has 1 aliphatic rings. The number of rotatable bonds is 3. The molecular weight excluding hydrogens is 276 g/mol. The molecule has 2 rings (SSSR count). The molecule has 0 bridgehead atoms. The average Bonchev–Trinajstić information content (AvgIpc) is 2.72. The lowest BCUT2D eigenvalue weighted by Crippen LogP contribution is -2.47. The summed E-state index contributed by atoms with van der Waals surface area (Å²) in [6.07, 6.45) is 0. The number of furan rings is 1. The fourth-order valence-electron chi connectivity index (χ4n) is 2.01. The summed E-state index contributed by atoms with van der Waals surface area (Å²) in [5, 5.41) is 0. The maximum absolute atomic E-state index is 12.4. The maximum Gasteiger partial charge on any atom is 0.246 e. The minimum atomic E-state index is -3.45. The van der Waals surface area contributed by atoms with Crippen molar-refractivity contribution in [1.29, 1.82) is 0 Å². The molecule has 0 amide bonds. The van der Waals surface area contributed by atoms with Crippen molar-refractivity contribution in [2.24, 2.45) is 0 Å². The standard InChI is InChI=1S/C11H17ClN2O3S/c1-9-11(7-10(8-12)17-9)18(15,16)14-5-3-13(2)4-6-14/h7H,3-6,8H2,1-2H3. The van der Waals surface area contributed by atoms with Crippen molar-refractivity contribution in [2.45, 2.75) is 17.7 Å². The highest BCUT2D eigenvalue weighted by Gasteiger charge is 2.30. The largest absolute Gasteiger partial charge is 0.464 e. The van der Waals surface area contributed by atoms with Gasteiger partial charge in [0.2, 0.25) is 10.0 Å². The molecule has 0 atom stereocenters. The highest BCUT2D eigenvalue weighted by Crippen LogP contribution is 2.25. The van der Waals surface area contributed by atoms with Crippen LogP contribution in [0.1, 0.15) is 11.5 Å². The number of sulfonamides is 1. The second-order valence-corrected chi connectivity index (χ2v) is 6.65. The highest BCUT2D eigenvalue weighted by atomic mass is 35.5. The SMILES string of the molecule is Cc1oc(CCl)cc1S(=O)(=O)N1CCN(C)CC1. The highest BCUT2D eigenvalue weighted by molar-refractivity contribution is 7.89. The van der Waals surface area contributed by atoms with E-state index in [9.17, 15) is 8.42 Å². The zero-order chi connectivity index (χ0) is 13.3. The predicted octanol–water partition coefficient (Wildman–Crippen LogP) is 1.26. The van der Waals surface area contributed by atoms with Crippen LogP contribution >= 0.6 is 11.6 Å². The molecule has 0 unspecified atom stereocenters. The molecule has 18 heavy (non-hydrogen) atoms. The van der Waals surface area contributed by atoms with Crippen molar-refractivity contribution in [2.75, 3.05) is 33.2 Å². The Labute approximate surface area is 112 Å². The number of nitrogens with zero attached hydrogens (tertiary/aromatic N) is 2. The van der Waals surface area contributed by atoms with Crippen LogP contribution in [0.3, 0.4) is 0 Å². The topological polar surface area (TPSA) is 53.8 Å². The van der Waals surface area contributed by atoms with Gasteiger partial charge in [0.05, 0.1) is 5.88 Å². The molecule has 1 saturated heterocycles. The van der Waals surface area contributed by atoms with Gasteiger partial charge in [-0.2, -0.15) is 4.31 Å². The van der Waals surface area contributed by atoms with Crippen LogP contribution in [-0.2, 0) is 15.9 Å². The van der Waals surface area contributed by atoms with Crippen molar-refractivity contribution >= 4 is 21.6 Å². The molecule has 5 nitrogen and oxygen atoms in total. The summed E-state index contributed by atoms with van der Waals surface area (Å²) in [4.78, 5) is 2.35. The van der Waals surface area contributed by atoms with Gasteiger partial charge in [0, 0.05) is 32.2 Å². The van der Waals surface area contributed by atoms with Crippen LogP contribution in [0.25, 0.3) is 0 Å². The number of aryl methyl sites for hydroxylation is 1. The Hall–Kier alpha value is -0.560. The van der Waals surface area contributed by atoms with E-state index in [1.807, 2.05) is 7.05 Å². The minimum absolute atomic E-state index is 0.180. The number of piperazine rings is 1. The van der Waals surface area contributed by atoms with Crippen LogP contribution in [0.5, 0.6) is 0 Å². The monoisotopic (exact) mass is 292 g/mol. The van der Waals surface area contributed by atoms with Crippen molar-refractivity contribution in [3.63, 3.8) is 0 Å². The number of hydrogen-bond donors (Lipinski definition) is 0.